The third-order valence-corrected chi connectivity index (χ3v) is 10.9. The summed E-state index contributed by atoms with van der Waals surface area (Å²) in [5.41, 5.74) is 10.4. The molecular weight excluding hydrogens is 679 g/mol. The van der Waals surface area contributed by atoms with Crippen LogP contribution in [0.25, 0.3) is 77.0 Å². The molecule has 0 fully saturated rings. The molecule has 56 heavy (non-hydrogen) atoms. The average Bonchev–Trinajstić information content (AvgIpc) is 3.66. The van der Waals surface area contributed by atoms with Crippen molar-refractivity contribution in [2.45, 2.75) is 0 Å². The molecule has 0 aliphatic rings. The van der Waals surface area contributed by atoms with Gasteiger partial charge in [-0.3, -0.25) is 0 Å². The lowest BCUT2D eigenvalue weighted by Crippen LogP contribution is -2.13. The van der Waals surface area contributed by atoms with Crippen LogP contribution in [-0.2, 0) is 0 Å². The maximum absolute atomic E-state index is 6.92. The summed E-state index contributed by atoms with van der Waals surface area (Å²) in [5, 5.41) is 9.34. The van der Waals surface area contributed by atoms with Gasteiger partial charge in [-0.2, -0.15) is 0 Å². The lowest BCUT2D eigenvalue weighted by atomic mass is 9.96. The van der Waals surface area contributed by atoms with E-state index in [4.69, 9.17) is 4.42 Å². The number of hydrogen-bond donors (Lipinski definition) is 0. The summed E-state index contributed by atoms with van der Waals surface area (Å²) in [6.45, 7) is 4.11. The third kappa shape index (κ3) is 5.68. The number of hydrogen-bond acceptors (Lipinski definition) is 2. The van der Waals surface area contributed by atoms with E-state index in [-0.39, 0.29) is 0 Å². The van der Waals surface area contributed by atoms with E-state index in [1.54, 1.807) is 0 Å². The number of furan rings is 1. The highest BCUT2D eigenvalue weighted by molar-refractivity contribution is 6.18. The first-order chi connectivity index (χ1) is 27.8. The predicted molar refractivity (Wildman–Crippen MR) is 240 cm³/mol. The van der Waals surface area contributed by atoms with Crippen molar-refractivity contribution in [1.82, 2.24) is 0 Å². The first-order valence-corrected chi connectivity index (χ1v) is 19.0. The number of anilines is 3. The van der Waals surface area contributed by atoms with E-state index >= 15 is 0 Å². The average molecular weight is 716 g/mol. The van der Waals surface area contributed by atoms with Crippen LogP contribution in [0.5, 0.6) is 0 Å². The minimum Gasteiger partial charge on any atom is -0.455 e. The van der Waals surface area contributed by atoms with Crippen LogP contribution in [0.1, 0.15) is 11.1 Å². The zero-order valence-corrected chi connectivity index (χ0v) is 30.8. The van der Waals surface area contributed by atoms with E-state index < -0.39 is 0 Å². The molecule has 0 spiro atoms. The van der Waals surface area contributed by atoms with E-state index in [1.165, 1.54) is 26.9 Å². The summed E-state index contributed by atoms with van der Waals surface area (Å²) in [5.74, 6) is 0. The first-order valence-electron chi connectivity index (χ1n) is 19.0. The highest BCUT2D eigenvalue weighted by Crippen LogP contribution is 2.47. The van der Waals surface area contributed by atoms with Crippen LogP contribution in [0.15, 0.2) is 217 Å². The second kappa shape index (κ2) is 14.1. The van der Waals surface area contributed by atoms with Gasteiger partial charge in [-0.1, -0.05) is 195 Å². The molecule has 1 heterocycles. The van der Waals surface area contributed by atoms with Gasteiger partial charge >= 0.3 is 0 Å². The topological polar surface area (TPSA) is 16.4 Å². The predicted octanol–water partition coefficient (Wildman–Crippen LogP) is 15.5. The Labute approximate surface area is 326 Å². The van der Waals surface area contributed by atoms with Crippen molar-refractivity contribution in [3.8, 4) is 11.1 Å². The molecule has 2 heteroatoms. The SMILES string of the molecule is C=C/C(=C\C=C\c1ccccc1N(c1ccccc1-c1cccc2c1oc1c3ccccc3ccc21)c1cccc2c1ccc1ccccc12)c1ccccc1. The number of rotatable bonds is 8. The molecule has 0 atom stereocenters. The molecule has 9 aromatic carbocycles. The van der Waals surface area contributed by atoms with Gasteiger partial charge in [0.25, 0.3) is 0 Å². The van der Waals surface area contributed by atoms with E-state index in [0.29, 0.717) is 0 Å². The van der Waals surface area contributed by atoms with E-state index in [1.807, 2.05) is 12.1 Å². The van der Waals surface area contributed by atoms with Crippen molar-refractivity contribution in [2.24, 2.45) is 0 Å². The van der Waals surface area contributed by atoms with Crippen molar-refractivity contribution in [1.29, 1.82) is 0 Å². The second-order valence-electron chi connectivity index (χ2n) is 14.1. The van der Waals surface area contributed by atoms with Gasteiger partial charge in [0.1, 0.15) is 11.2 Å². The number of benzene rings is 9. The molecule has 0 N–H and O–H groups in total. The van der Waals surface area contributed by atoms with Crippen molar-refractivity contribution in [3.63, 3.8) is 0 Å². The lowest BCUT2D eigenvalue weighted by Gasteiger charge is -2.30. The van der Waals surface area contributed by atoms with Crippen LogP contribution in [0.4, 0.5) is 17.1 Å². The van der Waals surface area contributed by atoms with E-state index in [2.05, 4.69) is 212 Å². The Morgan fingerprint density at radius 2 is 1.02 bits per heavy atom. The molecule has 0 bridgehead atoms. The Bertz CT molecular complexity index is 3160. The molecule has 0 amide bonds. The van der Waals surface area contributed by atoms with Gasteiger partial charge in [-0.25, -0.2) is 0 Å². The summed E-state index contributed by atoms with van der Waals surface area (Å²) in [6.07, 6.45) is 8.37. The van der Waals surface area contributed by atoms with Crippen molar-refractivity contribution >= 4 is 83.0 Å². The fraction of sp³-hybridized carbons (Fsp3) is 0. The number of nitrogens with zero attached hydrogens (tertiary/aromatic N) is 1. The summed E-state index contributed by atoms with van der Waals surface area (Å²) < 4.78 is 6.92. The van der Waals surface area contributed by atoms with Crippen molar-refractivity contribution in [2.75, 3.05) is 4.90 Å². The van der Waals surface area contributed by atoms with Gasteiger partial charge < -0.3 is 9.32 Å². The summed E-state index contributed by atoms with van der Waals surface area (Å²) in [6, 6.07) is 66.9. The number of fused-ring (bicyclic) bond motifs is 8. The summed E-state index contributed by atoms with van der Waals surface area (Å²) in [4.78, 5) is 2.43. The molecular formula is C54H37NO. The standard InChI is InChI=1S/C54H37NO/c1-2-37(38-17-4-3-5-18-38)22-14-23-41-21-8-12-30-50(41)55(52-32-16-27-44-42-24-9-6-19-39(42)33-35-46(44)52)51-31-13-11-26-45(51)47-28-15-29-48-49-36-34-40-20-7-10-25-43(40)53(49)56-54(47)48/h2-36H,1H2/b23-14+,37-22+. The van der Waals surface area contributed by atoms with Gasteiger partial charge in [0, 0.05) is 32.7 Å². The van der Waals surface area contributed by atoms with Gasteiger partial charge in [0.05, 0.1) is 17.1 Å². The minimum atomic E-state index is 0.881. The monoisotopic (exact) mass is 715 g/mol. The molecule has 1 aromatic heterocycles. The van der Waals surface area contributed by atoms with Crippen LogP contribution < -0.4 is 4.90 Å². The maximum Gasteiger partial charge on any atom is 0.143 e. The molecule has 0 radical (unpaired) electrons. The van der Waals surface area contributed by atoms with Crippen molar-refractivity contribution in [3.05, 3.63) is 224 Å². The second-order valence-corrected chi connectivity index (χ2v) is 14.1. The zero-order chi connectivity index (χ0) is 37.4. The van der Waals surface area contributed by atoms with Crippen LogP contribution in [0.2, 0.25) is 0 Å². The molecule has 0 aliphatic heterocycles. The zero-order valence-electron chi connectivity index (χ0n) is 30.8. The molecule has 2 nitrogen and oxygen atoms in total. The normalized spacial score (nSPS) is 12.0. The fourth-order valence-corrected chi connectivity index (χ4v) is 8.24. The fourth-order valence-electron chi connectivity index (χ4n) is 8.24. The number of allylic oxidation sites excluding steroid dienone is 4. The molecule has 10 rings (SSSR count). The van der Waals surface area contributed by atoms with Gasteiger partial charge in [0.2, 0.25) is 0 Å². The smallest absolute Gasteiger partial charge is 0.143 e. The Balaban J connectivity index is 1.22. The molecule has 10 aromatic rings. The van der Waals surface area contributed by atoms with Gasteiger partial charge in [-0.15, -0.1) is 0 Å². The van der Waals surface area contributed by atoms with Gasteiger partial charge in [-0.05, 0) is 62.5 Å². The highest BCUT2D eigenvalue weighted by Gasteiger charge is 2.23. The Hall–Kier alpha value is -7.42. The van der Waals surface area contributed by atoms with E-state index in [0.717, 1.165) is 72.2 Å². The largest absolute Gasteiger partial charge is 0.455 e. The molecule has 264 valence electrons. The van der Waals surface area contributed by atoms with E-state index in [9.17, 15) is 0 Å². The van der Waals surface area contributed by atoms with Crippen LogP contribution >= 0.6 is 0 Å². The Kier molecular flexibility index (Phi) is 8.35. The summed E-state index contributed by atoms with van der Waals surface area (Å²) in [7, 11) is 0. The molecule has 0 unspecified atom stereocenters. The van der Waals surface area contributed by atoms with Crippen LogP contribution in [0, 0.1) is 0 Å². The molecule has 0 saturated heterocycles. The van der Waals surface area contributed by atoms with Gasteiger partial charge in [0.15, 0.2) is 0 Å². The van der Waals surface area contributed by atoms with Crippen LogP contribution in [0.3, 0.4) is 0 Å². The molecule has 0 aliphatic carbocycles. The van der Waals surface area contributed by atoms with Crippen molar-refractivity contribution < 1.29 is 4.42 Å². The highest BCUT2D eigenvalue weighted by atomic mass is 16.3. The Morgan fingerprint density at radius 3 is 1.86 bits per heavy atom. The maximum atomic E-state index is 6.92. The lowest BCUT2D eigenvalue weighted by molar-refractivity contribution is 0.674. The first kappa shape index (κ1) is 33.2. The van der Waals surface area contributed by atoms with Crippen LogP contribution in [-0.4, -0.2) is 0 Å². The minimum absolute atomic E-state index is 0.881. The third-order valence-electron chi connectivity index (χ3n) is 10.9. The number of para-hydroxylation sites is 3. The Morgan fingerprint density at radius 1 is 0.429 bits per heavy atom. The molecule has 0 saturated carbocycles. The summed E-state index contributed by atoms with van der Waals surface area (Å²) >= 11 is 0. The quantitative estimate of drug-likeness (QED) is 0.115.